The highest BCUT2D eigenvalue weighted by Crippen LogP contribution is 2.32. The van der Waals surface area contributed by atoms with Crippen LogP contribution in [0.25, 0.3) is 0 Å². The number of β-amino-alcohol motifs (C(OH)–C–C–N with tert-alkyl or cyclic N) is 1. The number of rotatable bonds is 5. The van der Waals surface area contributed by atoms with E-state index in [1.165, 1.54) is 5.56 Å². The summed E-state index contributed by atoms with van der Waals surface area (Å²) in [6.45, 7) is 11.0. The van der Waals surface area contributed by atoms with Gasteiger partial charge in [0.2, 0.25) is 0 Å². The highest BCUT2D eigenvalue weighted by molar-refractivity contribution is 5.51. The Bertz CT molecular complexity index is 437. The molecule has 1 aliphatic rings. The summed E-state index contributed by atoms with van der Waals surface area (Å²) in [5.74, 6) is 6.06. The van der Waals surface area contributed by atoms with E-state index in [4.69, 9.17) is 15.9 Å². The standard InChI is InChI=1S/C14H24N4O.C2H6/c1-3-10-8-18(5-6-19)9-14-11(10)7-13(17-15)12(4-2)16-14;1-2/h7,10,17,19H,3-6,8-9,15H2,1-2H3;1-2H3. The van der Waals surface area contributed by atoms with E-state index in [1.807, 2.05) is 13.8 Å². The van der Waals surface area contributed by atoms with Crippen LogP contribution in [0.5, 0.6) is 0 Å². The van der Waals surface area contributed by atoms with E-state index in [9.17, 15) is 0 Å². The second kappa shape index (κ2) is 8.97. The summed E-state index contributed by atoms with van der Waals surface area (Å²) in [7, 11) is 0. The van der Waals surface area contributed by atoms with Gasteiger partial charge in [0.25, 0.3) is 0 Å². The molecule has 0 spiro atoms. The van der Waals surface area contributed by atoms with Gasteiger partial charge in [-0.15, -0.1) is 0 Å². The summed E-state index contributed by atoms with van der Waals surface area (Å²) in [5.41, 5.74) is 7.17. The number of aryl methyl sites for hydroxylation is 1. The highest BCUT2D eigenvalue weighted by atomic mass is 16.3. The second-order valence-corrected chi connectivity index (χ2v) is 5.08. The van der Waals surface area contributed by atoms with Gasteiger partial charge in [-0.1, -0.05) is 27.7 Å². The van der Waals surface area contributed by atoms with Gasteiger partial charge in [0, 0.05) is 19.6 Å². The lowest BCUT2D eigenvalue weighted by atomic mass is 9.90. The molecule has 0 radical (unpaired) electrons. The van der Waals surface area contributed by atoms with E-state index < -0.39 is 0 Å². The molecule has 0 aromatic carbocycles. The molecule has 2 rings (SSSR count). The number of aromatic nitrogens is 1. The topological polar surface area (TPSA) is 74.4 Å². The predicted octanol–water partition coefficient (Wildman–Crippen LogP) is 2.26. The molecule has 4 N–H and O–H groups in total. The second-order valence-electron chi connectivity index (χ2n) is 5.08. The van der Waals surface area contributed by atoms with E-state index >= 15 is 0 Å². The fourth-order valence-electron chi connectivity index (χ4n) is 2.83. The van der Waals surface area contributed by atoms with Crippen molar-refractivity contribution in [2.24, 2.45) is 5.84 Å². The number of hydrazine groups is 1. The van der Waals surface area contributed by atoms with Crippen LogP contribution in [0.1, 0.15) is 57.0 Å². The Balaban J connectivity index is 0.00000106. The molecule has 0 fully saturated rings. The molecule has 120 valence electrons. The number of aliphatic hydroxyl groups is 1. The minimum atomic E-state index is 0.203. The maximum Gasteiger partial charge on any atom is 0.0704 e. The lowest BCUT2D eigenvalue weighted by Crippen LogP contribution is -2.36. The molecule has 1 unspecified atom stereocenters. The first kappa shape index (κ1) is 17.9. The van der Waals surface area contributed by atoms with E-state index in [0.717, 1.165) is 49.6 Å². The van der Waals surface area contributed by atoms with Crippen molar-refractivity contribution >= 4 is 5.69 Å². The summed E-state index contributed by atoms with van der Waals surface area (Å²) in [6, 6.07) is 2.16. The number of pyridine rings is 1. The molecule has 21 heavy (non-hydrogen) atoms. The van der Waals surface area contributed by atoms with Crippen LogP contribution in [0.3, 0.4) is 0 Å². The molecule has 5 heteroatoms. The van der Waals surface area contributed by atoms with E-state index in [2.05, 4.69) is 30.2 Å². The number of anilines is 1. The average Bonchev–Trinajstić information content (AvgIpc) is 2.54. The highest BCUT2D eigenvalue weighted by Gasteiger charge is 2.26. The molecule has 0 amide bonds. The average molecular weight is 294 g/mol. The third kappa shape index (κ3) is 4.15. The van der Waals surface area contributed by atoms with Crippen molar-refractivity contribution in [2.45, 2.75) is 53.0 Å². The Hall–Kier alpha value is -1.17. The number of fused-ring (bicyclic) bond motifs is 1. The normalized spacial score (nSPS) is 17.7. The Morgan fingerprint density at radius 3 is 2.67 bits per heavy atom. The van der Waals surface area contributed by atoms with Gasteiger partial charge in [0.05, 0.1) is 23.7 Å². The maximum absolute atomic E-state index is 9.12. The molecule has 2 heterocycles. The first-order valence-electron chi connectivity index (χ1n) is 8.05. The Morgan fingerprint density at radius 2 is 2.14 bits per heavy atom. The summed E-state index contributed by atoms with van der Waals surface area (Å²) < 4.78 is 0. The zero-order chi connectivity index (χ0) is 15.8. The molecule has 5 nitrogen and oxygen atoms in total. The monoisotopic (exact) mass is 294 g/mol. The van der Waals surface area contributed by atoms with Crippen molar-refractivity contribution in [3.63, 3.8) is 0 Å². The fraction of sp³-hybridized carbons (Fsp3) is 0.688. The number of nitrogens with two attached hydrogens (primary N) is 1. The molecule has 1 atom stereocenters. The lowest BCUT2D eigenvalue weighted by Gasteiger charge is -2.34. The predicted molar refractivity (Wildman–Crippen MR) is 88.2 cm³/mol. The first-order chi connectivity index (χ1) is 10.2. The van der Waals surface area contributed by atoms with Crippen LogP contribution in [0, 0.1) is 0 Å². The van der Waals surface area contributed by atoms with Gasteiger partial charge in [-0.2, -0.15) is 0 Å². The third-order valence-corrected chi connectivity index (χ3v) is 3.91. The van der Waals surface area contributed by atoms with Crippen LogP contribution < -0.4 is 11.3 Å². The molecule has 0 bridgehead atoms. The van der Waals surface area contributed by atoms with Crippen LogP contribution in [-0.4, -0.2) is 34.7 Å². The Morgan fingerprint density at radius 1 is 1.43 bits per heavy atom. The van der Waals surface area contributed by atoms with Gasteiger partial charge in [-0.3, -0.25) is 15.7 Å². The largest absolute Gasteiger partial charge is 0.395 e. The van der Waals surface area contributed by atoms with Gasteiger partial charge in [-0.25, -0.2) is 0 Å². The molecule has 1 aliphatic heterocycles. The van der Waals surface area contributed by atoms with Crippen molar-refractivity contribution in [2.75, 3.05) is 25.1 Å². The van der Waals surface area contributed by atoms with Crippen LogP contribution in [0.15, 0.2) is 6.07 Å². The molecule has 0 saturated carbocycles. The number of nitrogen functional groups attached to an aromatic ring is 1. The van der Waals surface area contributed by atoms with Gasteiger partial charge >= 0.3 is 0 Å². The quantitative estimate of drug-likeness (QED) is 0.574. The van der Waals surface area contributed by atoms with E-state index in [1.54, 1.807) is 0 Å². The summed E-state index contributed by atoms with van der Waals surface area (Å²) in [4.78, 5) is 7.04. The molecule has 0 aliphatic carbocycles. The minimum absolute atomic E-state index is 0.203. The summed E-state index contributed by atoms with van der Waals surface area (Å²) in [5, 5.41) is 9.12. The van der Waals surface area contributed by atoms with Crippen LogP contribution >= 0.6 is 0 Å². The van der Waals surface area contributed by atoms with Crippen LogP contribution in [-0.2, 0) is 13.0 Å². The number of nitrogens with zero attached hydrogens (tertiary/aromatic N) is 2. The number of nitrogens with one attached hydrogen (secondary N) is 1. The number of hydrogen-bond acceptors (Lipinski definition) is 5. The van der Waals surface area contributed by atoms with E-state index in [-0.39, 0.29) is 6.61 Å². The van der Waals surface area contributed by atoms with Crippen molar-refractivity contribution in [1.82, 2.24) is 9.88 Å². The Labute approximate surface area is 128 Å². The number of hydrogen-bond donors (Lipinski definition) is 3. The van der Waals surface area contributed by atoms with Crippen LogP contribution in [0.2, 0.25) is 0 Å². The van der Waals surface area contributed by atoms with Crippen molar-refractivity contribution in [3.8, 4) is 0 Å². The van der Waals surface area contributed by atoms with Gasteiger partial charge in [-0.05, 0) is 30.4 Å². The van der Waals surface area contributed by atoms with Gasteiger partial charge in [0.1, 0.15) is 0 Å². The van der Waals surface area contributed by atoms with Crippen molar-refractivity contribution in [3.05, 3.63) is 23.0 Å². The molecular formula is C16H30N4O. The van der Waals surface area contributed by atoms with Crippen molar-refractivity contribution < 1.29 is 5.11 Å². The molecule has 0 saturated heterocycles. The van der Waals surface area contributed by atoms with E-state index in [0.29, 0.717) is 5.92 Å². The SMILES string of the molecule is CC.CCc1nc2c(cc1NN)C(CC)CN(CCO)C2. The minimum Gasteiger partial charge on any atom is -0.395 e. The zero-order valence-electron chi connectivity index (χ0n) is 13.8. The van der Waals surface area contributed by atoms with Crippen LogP contribution in [0.4, 0.5) is 5.69 Å². The molecule has 1 aromatic heterocycles. The summed E-state index contributed by atoms with van der Waals surface area (Å²) >= 11 is 0. The van der Waals surface area contributed by atoms with Gasteiger partial charge < -0.3 is 10.5 Å². The molecular weight excluding hydrogens is 264 g/mol. The lowest BCUT2D eigenvalue weighted by molar-refractivity contribution is 0.169. The first-order valence-corrected chi connectivity index (χ1v) is 8.05. The van der Waals surface area contributed by atoms with Gasteiger partial charge in [0.15, 0.2) is 0 Å². The Kier molecular flexibility index (Phi) is 7.64. The third-order valence-electron chi connectivity index (χ3n) is 3.91. The summed E-state index contributed by atoms with van der Waals surface area (Å²) in [6.07, 6.45) is 1.94. The maximum atomic E-state index is 9.12. The zero-order valence-corrected chi connectivity index (χ0v) is 13.8. The number of aliphatic hydroxyl groups excluding tert-OH is 1. The molecule has 1 aromatic rings. The fourth-order valence-corrected chi connectivity index (χ4v) is 2.83. The smallest absolute Gasteiger partial charge is 0.0704 e. The van der Waals surface area contributed by atoms with Crippen molar-refractivity contribution in [1.29, 1.82) is 0 Å².